The molecule has 1 N–H and O–H groups in total. The van der Waals surface area contributed by atoms with Crippen LogP contribution in [0, 0.1) is 0 Å². The Morgan fingerprint density at radius 2 is 2.29 bits per heavy atom. The van der Waals surface area contributed by atoms with Crippen LogP contribution >= 0.6 is 0 Å². The van der Waals surface area contributed by atoms with Crippen molar-refractivity contribution in [3.05, 3.63) is 18.0 Å². The lowest BCUT2D eigenvalue weighted by Crippen LogP contribution is -2.22. The molecule has 0 bridgehead atoms. The van der Waals surface area contributed by atoms with Gasteiger partial charge < -0.3 is 9.84 Å². The van der Waals surface area contributed by atoms with E-state index in [1.807, 2.05) is 33.2 Å². The highest BCUT2D eigenvalue weighted by Crippen LogP contribution is 2.19. The van der Waals surface area contributed by atoms with Gasteiger partial charge in [-0.1, -0.05) is 6.92 Å². The van der Waals surface area contributed by atoms with Gasteiger partial charge in [0.15, 0.2) is 0 Å². The Labute approximate surface area is 84.5 Å². The van der Waals surface area contributed by atoms with Gasteiger partial charge in [-0.25, -0.2) is 0 Å². The Morgan fingerprint density at radius 1 is 1.57 bits per heavy atom. The molecule has 1 heterocycles. The molecule has 1 rings (SSSR count). The molecule has 0 saturated heterocycles. The summed E-state index contributed by atoms with van der Waals surface area (Å²) >= 11 is 0. The van der Waals surface area contributed by atoms with Crippen molar-refractivity contribution in [2.45, 2.75) is 32.5 Å². The minimum Gasteiger partial charge on any atom is -0.384 e. The Hall–Kier alpha value is -0.870. The molecule has 80 valence electrons. The second kappa shape index (κ2) is 5.12. The maximum Gasteiger partial charge on any atom is 0.124 e. The molecule has 14 heavy (non-hydrogen) atoms. The number of hydrogen-bond acceptors (Lipinski definition) is 3. The molecule has 0 aliphatic heterocycles. The number of aliphatic hydroxyl groups excluding tert-OH is 1. The van der Waals surface area contributed by atoms with Crippen LogP contribution < -0.4 is 0 Å². The predicted octanol–water partition coefficient (Wildman–Crippen LogP) is 1.27. The van der Waals surface area contributed by atoms with E-state index < -0.39 is 6.10 Å². The van der Waals surface area contributed by atoms with Gasteiger partial charge in [0.25, 0.3) is 0 Å². The average molecular weight is 198 g/mol. The molecule has 0 aliphatic carbocycles. The smallest absolute Gasteiger partial charge is 0.124 e. The number of nitrogens with zero attached hydrogens (tertiary/aromatic N) is 2. The first-order valence-corrected chi connectivity index (χ1v) is 4.98. The van der Waals surface area contributed by atoms with E-state index in [4.69, 9.17) is 4.74 Å². The molecule has 2 atom stereocenters. The standard InChI is InChI=1S/C10H18N2O2/c1-4-9(14-5-2)10(13)8-6-7-12(3)11-8/h6-7,9-10,13H,4-5H2,1-3H3. The maximum absolute atomic E-state index is 9.92. The minimum absolute atomic E-state index is 0.158. The first-order valence-electron chi connectivity index (χ1n) is 4.98. The largest absolute Gasteiger partial charge is 0.384 e. The van der Waals surface area contributed by atoms with Crippen LogP contribution in [0.2, 0.25) is 0 Å². The Morgan fingerprint density at radius 3 is 2.71 bits per heavy atom. The van der Waals surface area contributed by atoms with Crippen LogP contribution in [0.25, 0.3) is 0 Å². The molecule has 0 fully saturated rings. The topological polar surface area (TPSA) is 47.3 Å². The number of rotatable bonds is 5. The van der Waals surface area contributed by atoms with Crippen molar-refractivity contribution < 1.29 is 9.84 Å². The van der Waals surface area contributed by atoms with Crippen LogP contribution in [0.3, 0.4) is 0 Å². The van der Waals surface area contributed by atoms with Gasteiger partial charge in [0.05, 0.1) is 11.8 Å². The molecule has 0 radical (unpaired) electrons. The highest BCUT2D eigenvalue weighted by Gasteiger charge is 2.21. The van der Waals surface area contributed by atoms with Gasteiger partial charge >= 0.3 is 0 Å². The zero-order valence-electron chi connectivity index (χ0n) is 8.97. The fourth-order valence-electron chi connectivity index (χ4n) is 1.43. The second-order valence-electron chi connectivity index (χ2n) is 3.26. The van der Waals surface area contributed by atoms with E-state index in [0.29, 0.717) is 12.3 Å². The first-order chi connectivity index (χ1) is 6.69. The van der Waals surface area contributed by atoms with E-state index in [9.17, 15) is 5.11 Å². The quantitative estimate of drug-likeness (QED) is 0.775. The van der Waals surface area contributed by atoms with Gasteiger partial charge in [0.1, 0.15) is 6.10 Å². The van der Waals surface area contributed by atoms with Crippen LogP contribution in [0.1, 0.15) is 32.1 Å². The van der Waals surface area contributed by atoms with E-state index in [1.54, 1.807) is 4.68 Å². The van der Waals surface area contributed by atoms with E-state index >= 15 is 0 Å². The van der Waals surface area contributed by atoms with Gasteiger partial charge in [-0.2, -0.15) is 5.10 Å². The number of hydrogen-bond donors (Lipinski definition) is 1. The third kappa shape index (κ3) is 2.56. The molecule has 4 nitrogen and oxygen atoms in total. The fourth-order valence-corrected chi connectivity index (χ4v) is 1.43. The molecular formula is C10H18N2O2. The van der Waals surface area contributed by atoms with E-state index in [1.165, 1.54) is 0 Å². The zero-order chi connectivity index (χ0) is 10.6. The average Bonchev–Trinajstić information content (AvgIpc) is 2.60. The summed E-state index contributed by atoms with van der Waals surface area (Å²) in [7, 11) is 1.83. The van der Waals surface area contributed by atoms with Crippen LogP contribution in [0.15, 0.2) is 12.3 Å². The van der Waals surface area contributed by atoms with Crippen LogP contribution in [-0.2, 0) is 11.8 Å². The number of aromatic nitrogens is 2. The number of aryl methyl sites for hydroxylation is 1. The lowest BCUT2D eigenvalue weighted by atomic mass is 10.1. The molecule has 0 spiro atoms. The lowest BCUT2D eigenvalue weighted by Gasteiger charge is -2.19. The van der Waals surface area contributed by atoms with Gasteiger partial charge in [-0.3, -0.25) is 4.68 Å². The first kappa shape index (κ1) is 11.2. The lowest BCUT2D eigenvalue weighted by molar-refractivity contribution is -0.0375. The van der Waals surface area contributed by atoms with Crippen molar-refractivity contribution in [3.63, 3.8) is 0 Å². The zero-order valence-corrected chi connectivity index (χ0v) is 8.97. The molecule has 1 aromatic heterocycles. The van der Waals surface area contributed by atoms with Crippen molar-refractivity contribution >= 4 is 0 Å². The summed E-state index contributed by atoms with van der Waals surface area (Å²) in [5.74, 6) is 0. The van der Waals surface area contributed by atoms with Gasteiger partial charge in [-0.15, -0.1) is 0 Å². The Kier molecular flexibility index (Phi) is 4.10. The normalized spacial score (nSPS) is 15.4. The van der Waals surface area contributed by atoms with Gasteiger partial charge in [0, 0.05) is 19.9 Å². The maximum atomic E-state index is 9.92. The van der Waals surface area contributed by atoms with Crippen LogP contribution in [0.5, 0.6) is 0 Å². The van der Waals surface area contributed by atoms with E-state index in [-0.39, 0.29) is 6.10 Å². The summed E-state index contributed by atoms with van der Waals surface area (Å²) in [4.78, 5) is 0. The number of ether oxygens (including phenoxy) is 1. The third-order valence-corrected chi connectivity index (χ3v) is 2.17. The van der Waals surface area contributed by atoms with Crippen molar-refractivity contribution in [1.29, 1.82) is 0 Å². The highest BCUT2D eigenvalue weighted by atomic mass is 16.5. The Balaban J connectivity index is 2.66. The van der Waals surface area contributed by atoms with E-state index in [0.717, 1.165) is 6.42 Å². The molecule has 0 aromatic carbocycles. The van der Waals surface area contributed by atoms with Crippen LogP contribution in [0.4, 0.5) is 0 Å². The third-order valence-electron chi connectivity index (χ3n) is 2.17. The predicted molar refractivity (Wildman–Crippen MR) is 53.9 cm³/mol. The molecule has 2 unspecified atom stereocenters. The summed E-state index contributed by atoms with van der Waals surface area (Å²) in [5.41, 5.74) is 0.674. The molecule has 4 heteroatoms. The minimum atomic E-state index is -0.624. The summed E-state index contributed by atoms with van der Waals surface area (Å²) in [6, 6.07) is 1.81. The van der Waals surface area contributed by atoms with Gasteiger partial charge in [-0.05, 0) is 19.4 Å². The fraction of sp³-hybridized carbons (Fsp3) is 0.700. The van der Waals surface area contributed by atoms with Crippen molar-refractivity contribution in [2.24, 2.45) is 7.05 Å². The van der Waals surface area contributed by atoms with Crippen molar-refractivity contribution in [1.82, 2.24) is 9.78 Å². The SMILES string of the molecule is CCOC(CC)C(O)c1ccn(C)n1. The molecule has 0 aliphatic rings. The second-order valence-corrected chi connectivity index (χ2v) is 3.26. The van der Waals surface area contributed by atoms with Crippen LogP contribution in [-0.4, -0.2) is 27.6 Å². The molecular weight excluding hydrogens is 180 g/mol. The van der Waals surface area contributed by atoms with E-state index in [2.05, 4.69) is 5.10 Å². The summed E-state index contributed by atoms with van der Waals surface area (Å²) in [6.07, 6.45) is 1.82. The molecule has 1 aromatic rings. The van der Waals surface area contributed by atoms with Gasteiger partial charge in [0.2, 0.25) is 0 Å². The summed E-state index contributed by atoms with van der Waals surface area (Å²) in [5, 5.41) is 14.1. The molecule has 0 amide bonds. The monoisotopic (exact) mass is 198 g/mol. The Bertz CT molecular complexity index is 273. The van der Waals surface area contributed by atoms with Crippen molar-refractivity contribution in [2.75, 3.05) is 6.61 Å². The van der Waals surface area contributed by atoms with Crippen molar-refractivity contribution in [3.8, 4) is 0 Å². The number of aliphatic hydroxyl groups is 1. The summed E-state index contributed by atoms with van der Waals surface area (Å²) < 4.78 is 7.10. The highest BCUT2D eigenvalue weighted by molar-refractivity contribution is 5.04. The summed E-state index contributed by atoms with van der Waals surface area (Å²) in [6.45, 7) is 4.53. The molecule has 0 saturated carbocycles.